The van der Waals surface area contributed by atoms with Crippen molar-refractivity contribution in [1.29, 1.82) is 0 Å². The first kappa shape index (κ1) is 18.1. The molecule has 0 fully saturated rings. The number of amides is 1. The number of nitrogens with one attached hydrogen (secondary N) is 1. The molecule has 5 N–H and O–H groups in total. The largest absolute Gasteiger partial charge is 0.480 e. The lowest BCUT2D eigenvalue weighted by Gasteiger charge is -2.18. The first-order chi connectivity index (χ1) is 8.96. The summed E-state index contributed by atoms with van der Waals surface area (Å²) in [4.78, 5) is 32.3. The minimum absolute atomic E-state index is 1.06. The van der Waals surface area contributed by atoms with Crippen LogP contribution in [-0.4, -0.2) is 59.0 Å². The van der Waals surface area contributed by atoms with Crippen molar-refractivity contribution in [2.24, 2.45) is 5.73 Å². The molecule has 11 heteroatoms. The lowest BCUT2D eigenvalue weighted by Crippen LogP contribution is -2.50. The van der Waals surface area contributed by atoms with Crippen molar-refractivity contribution in [3.63, 3.8) is 0 Å². The molecular formula is C9H13F3N2O6. The first-order valence-electron chi connectivity index (χ1n) is 5.17. The van der Waals surface area contributed by atoms with Gasteiger partial charge in [0, 0.05) is 0 Å². The summed E-state index contributed by atoms with van der Waals surface area (Å²) in [7, 11) is 0. The third-order valence-electron chi connectivity index (χ3n) is 2.05. The maximum atomic E-state index is 11.9. The highest BCUT2D eigenvalue weighted by Crippen LogP contribution is 2.14. The normalized spacial score (nSPS) is 15.9. The average molecular weight is 302 g/mol. The van der Waals surface area contributed by atoms with Gasteiger partial charge >= 0.3 is 24.0 Å². The highest BCUT2D eigenvalue weighted by atomic mass is 19.4. The number of hydrogen-bond donors (Lipinski definition) is 4. The molecular weight excluding hydrogens is 289 g/mol. The van der Waals surface area contributed by atoms with E-state index in [0.717, 1.165) is 12.2 Å². The molecule has 0 bridgehead atoms. The summed E-state index contributed by atoms with van der Waals surface area (Å²) < 4.78 is 40.1. The standard InChI is InChI=1S/C9H13F3N2O6/c1-3(15)5(13)7(18)20-2-4(6(16)17)14-8(19)9(10,11)12/h3-5,15H,2,13H2,1H3,(H,14,19)(H,16,17)/t3-,4+,5-/m1/s1. The van der Waals surface area contributed by atoms with Gasteiger partial charge in [-0.1, -0.05) is 0 Å². The zero-order valence-corrected chi connectivity index (χ0v) is 10.2. The van der Waals surface area contributed by atoms with E-state index in [4.69, 9.17) is 15.9 Å². The van der Waals surface area contributed by atoms with Gasteiger partial charge in [0.1, 0.15) is 12.6 Å². The SMILES string of the molecule is C[C@@H](O)[C@@H](N)C(=O)OC[C@H](NC(=O)C(F)(F)F)C(=O)O. The van der Waals surface area contributed by atoms with Crippen molar-refractivity contribution < 1.29 is 42.5 Å². The smallest absolute Gasteiger partial charge is 0.471 e. The van der Waals surface area contributed by atoms with Crippen LogP contribution in [0.3, 0.4) is 0 Å². The molecule has 8 nitrogen and oxygen atoms in total. The molecule has 0 aliphatic heterocycles. The van der Waals surface area contributed by atoms with Crippen molar-refractivity contribution >= 4 is 17.8 Å². The van der Waals surface area contributed by atoms with Gasteiger partial charge in [0.05, 0.1) is 6.10 Å². The number of rotatable bonds is 6. The maximum Gasteiger partial charge on any atom is 0.471 e. The number of ether oxygens (including phenoxy) is 1. The van der Waals surface area contributed by atoms with E-state index >= 15 is 0 Å². The van der Waals surface area contributed by atoms with Crippen LogP contribution in [0.2, 0.25) is 0 Å². The fourth-order valence-electron chi connectivity index (χ4n) is 0.873. The maximum absolute atomic E-state index is 11.9. The van der Waals surface area contributed by atoms with E-state index in [1.807, 2.05) is 0 Å². The number of halogens is 3. The molecule has 116 valence electrons. The van der Waals surface area contributed by atoms with E-state index in [9.17, 15) is 27.6 Å². The van der Waals surface area contributed by atoms with E-state index in [1.165, 1.54) is 0 Å². The van der Waals surface area contributed by atoms with Gasteiger partial charge in [0.2, 0.25) is 0 Å². The van der Waals surface area contributed by atoms with Crippen LogP contribution in [-0.2, 0) is 19.1 Å². The Balaban J connectivity index is 4.55. The van der Waals surface area contributed by atoms with E-state index < -0.39 is 48.8 Å². The van der Waals surface area contributed by atoms with Gasteiger partial charge in [0.25, 0.3) is 0 Å². The predicted octanol–water partition coefficient (Wildman–Crippen LogP) is -1.63. The van der Waals surface area contributed by atoms with Crippen LogP contribution in [0, 0.1) is 0 Å². The third-order valence-corrected chi connectivity index (χ3v) is 2.05. The lowest BCUT2D eigenvalue weighted by atomic mass is 10.2. The Morgan fingerprint density at radius 2 is 1.85 bits per heavy atom. The van der Waals surface area contributed by atoms with Gasteiger partial charge in [0.15, 0.2) is 6.04 Å². The number of carbonyl (C=O) groups is 3. The second-order valence-electron chi connectivity index (χ2n) is 3.76. The van der Waals surface area contributed by atoms with E-state index in [1.54, 1.807) is 0 Å². The Morgan fingerprint density at radius 1 is 1.35 bits per heavy atom. The van der Waals surface area contributed by atoms with Crippen LogP contribution in [0.4, 0.5) is 13.2 Å². The molecule has 0 saturated heterocycles. The number of aliphatic hydroxyl groups is 1. The summed E-state index contributed by atoms with van der Waals surface area (Å²) >= 11 is 0. The zero-order chi connectivity index (χ0) is 16.1. The van der Waals surface area contributed by atoms with Gasteiger partial charge < -0.3 is 26.0 Å². The van der Waals surface area contributed by atoms with Crippen LogP contribution in [0.15, 0.2) is 0 Å². The van der Waals surface area contributed by atoms with E-state index in [-0.39, 0.29) is 0 Å². The van der Waals surface area contributed by atoms with Crippen molar-refractivity contribution in [3.8, 4) is 0 Å². The molecule has 0 aliphatic rings. The van der Waals surface area contributed by atoms with Crippen LogP contribution in [0.25, 0.3) is 0 Å². The van der Waals surface area contributed by atoms with Gasteiger partial charge in [-0.05, 0) is 6.92 Å². The van der Waals surface area contributed by atoms with Crippen LogP contribution in [0.5, 0.6) is 0 Å². The summed E-state index contributed by atoms with van der Waals surface area (Å²) in [5.74, 6) is -5.53. The Bertz CT molecular complexity index is 384. The number of carbonyl (C=O) groups excluding carboxylic acids is 2. The molecule has 0 radical (unpaired) electrons. The van der Waals surface area contributed by atoms with Gasteiger partial charge in [-0.25, -0.2) is 4.79 Å². The molecule has 0 aromatic rings. The topological polar surface area (TPSA) is 139 Å². The number of carboxylic acid groups (broad SMARTS) is 1. The second kappa shape index (κ2) is 7.05. The minimum Gasteiger partial charge on any atom is -0.480 e. The Labute approximate surface area is 110 Å². The number of aliphatic carboxylic acids is 1. The molecule has 0 rings (SSSR count). The number of aliphatic hydroxyl groups excluding tert-OH is 1. The number of esters is 1. The molecule has 0 spiro atoms. The van der Waals surface area contributed by atoms with Gasteiger partial charge in [-0.15, -0.1) is 0 Å². The third kappa shape index (κ3) is 5.84. The fraction of sp³-hybridized carbons (Fsp3) is 0.667. The monoisotopic (exact) mass is 302 g/mol. The van der Waals surface area contributed by atoms with Crippen LogP contribution >= 0.6 is 0 Å². The molecule has 20 heavy (non-hydrogen) atoms. The number of alkyl halides is 3. The van der Waals surface area contributed by atoms with Crippen molar-refractivity contribution in [2.75, 3.05) is 6.61 Å². The first-order valence-corrected chi connectivity index (χ1v) is 5.17. The molecule has 0 aromatic heterocycles. The molecule has 0 aliphatic carbocycles. The lowest BCUT2D eigenvalue weighted by molar-refractivity contribution is -0.176. The minimum atomic E-state index is -5.27. The predicted molar refractivity (Wildman–Crippen MR) is 56.2 cm³/mol. The summed E-state index contributed by atoms with van der Waals surface area (Å²) in [6.45, 7) is 0.0996. The Hall–Kier alpha value is -1.88. The molecule has 0 saturated carbocycles. The van der Waals surface area contributed by atoms with Gasteiger partial charge in [-0.3, -0.25) is 9.59 Å². The molecule has 3 atom stereocenters. The molecule has 1 amide bonds. The summed E-state index contributed by atoms with van der Waals surface area (Å²) in [6, 6.07) is -3.57. The van der Waals surface area contributed by atoms with E-state index in [0.29, 0.717) is 0 Å². The number of carboxylic acids is 1. The molecule has 0 heterocycles. The van der Waals surface area contributed by atoms with Gasteiger partial charge in [-0.2, -0.15) is 13.2 Å². The molecule has 0 unspecified atom stereocenters. The fourth-order valence-corrected chi connectivity index (χ4v) is 0.873. The number of nitrogens with two attached hydrogens (primary N) is 1. The summed E-state index contributed by atoms with van der Waals surface area (Å²) in [5.41, 5.74) is 5.15. The molecule has 0 aromatic carbocycles. The number of hydrogen-bond acceptors (Lipinski definition) is 6. The second-order valence-corrected chi connectivity index (χ2v) is 3.76. The highest BCUT2D eigenvalue weighted by Gasteiger charge is 2.41. The van der Waals surface area contributed by atoms with Crippen molar-refractivity contribution in [2.45, 2.75) is 31.3 Å². The van der Waals surface area contributed by atoms with Crippen LogP contribution in [0.1, 0.15) is 6.92 Å². The average Bonchev–Trinajstić information content (AvgIpc) is 2.30. The Morgan fingerprint density at radius 3 is 2.20 bits per heavy atom. The van der Waals surface area contributed by atoms with Crippen molar-refractivity contribution in [3.05, 3.63) is 0 Å². The highest BCUT2D eigenvalue weighted by molar-refractivity contribution is 5.87. The van der Waals surface area contributed by atoms with Crippen molar-refractivity contribution in [1.82, 2.24) is 5.32 Å². The Kier molecular flexibility index (Phi) is 6.39. The van der Waals surface area contributed by atoms with Crippen LogP contribution < -0.4 is 11.1 Å². The quantitative estimate of drug-likeness (QED) is 0.432. The van der Waals surface area contributed by atoms with E-state index in [2.05, 4.69) is 4.74 Å². The zero-order valence-electron chi connectivity index (χ0n) is 10.2. The summed E-state index contributed by atoms with van der Waals surface area (Å²) in [5, 5.41) is 18.7. The summed E-state index contributed by atoms with van der Waals surface area (Å²) in [6.07, 6.45) is -6.57.